The Bertz CT molecular complexity index is 654. The van der Waals surface area contributed by atoms with E-state index in [1.54, 1.807) is 4.90 Å². The van der Waals surface area contributed by atoms with Crippen LogP contribution in [0.4, 0.5) is 4.79 Å². The van der Waals surface area contributed by atoms with Gasteiger partial charge in [0.25, 0.3) is 0 Å². The molecule has 120 valence electrons. The summed E-state index contributed by atoms with van der Waals surface area (Å²) in [6.45, 7) is 7.91. The summed E-state index contributed by atoms with van der Waals surface area (Å²) in [7, 11) is 0. The lowest BCUT2D eigenvalue weighted by atomic mass is 9.85. The largest absolute Gasteiger partial charge is 0.351 e. The lowest BCUT2D eigenvalue weighted by Crippen LogP contribution is -2.51. The van der Waals surface area contributed by atoms with Crippen LogP contribution in [0.15, 0.2) is 73.3 Å². The number of urea groups is 1. The lowest BCUT2D eigenvalue weighted by Gasteiger charge is -2.44. The van der Waals surface area contributed by atoms with Gasteiger partial charge in [0.1, 0.15) is 0 Å². The average molecular weight is 308 g/mol. The van der Waals surface area contributed by atoms with Crippen LogP contribution in [0.2, 0.25) is 0 Å². The molecule has 2 amide bonds. The van der Waals surface area contributed by atoms with Gasteiger partial charge in [0.15, 0.2) is 0 Å². The topological polar surface area (TPSA) is 46.3 Å². The van der Waals surface area contributed by atoms with E-state index < -0.39 is 11.6 Å². The van der Waals surface area contributed by atoms with Crippen molar-refractivity contribution < 1.29 is 4.79 Å². The summed E-state index contributed by atoms with van der Waals surface area (Å²) in [4.78, 5) is 14.1. The fourth-order valence-electron chi connectivity index (χ4n) is 3.18. The maximum absolute atomic E-state index is 12.3. The van der Waals surface area contributed by atoms with Crippen molar-refractivity contribution in [2.45, 2.75) is 31.8 Å². The van der Waals surface area contributed by atoms with E-state index in [1.807, 2.05) is 80.6 Å². The van der Waals surface area contributed by atoms with E-state index in [-0.39, 0.29) is 6.04 Å². The monoisotopic (exact) mass is 308 g/mol. The Labute approximate surface area is 138 Å². The molecule has 2 aromatic rings. The quantitative estimate of drug-likeness (QED) is 0.778. The molecule has 0 saturated heterocycles. The number of benzene rings is 2. The molecule has 0 saturated carbocycles. The Morgan fingerprint density at radius 3 is 2.17 bits per heavy atom. The second kappa shape index (κ2) is 7.14. The summed E-state index contributed by atoms with van der Waals surface area (Å²) in [5.41, 5.74) is 7.33. The molecule has 2 N–H and O–H groups in total. The third-order valence-corrected chi connectivity index (χ3v) is 4.38. The molecule has 0 aliphatic heterocycles. The van der Waals surface area contributed by atoms with Crippen molar-refractivity contribution in [1.29, 1.82) is 0 Å². The molecular weight excluding hydrogens is 284 g/mol. The van der Waals surface area contributed by atoms with Crippen LogP contribution in [0.3, 0.4) is 0 Å². The van der Waals surface area contributed by atoms with Crippen molar-refractivity contribution in [3.05, 3.63) is 84.4 Å². The first-order valence-electron chi connectivity index (χ1n) is 7.81. The minimum atomic E-state index is -0.551. The van der Waals surface area contributed by atoms with Crippen molar-refractivity contribution >= 4 is 6.03 Å². The van der Waals surface area contributed by atoms with Gasteiger partial charge in [0.05, 0.1) is 11.6 Å². The Morgan fingerprint density at radius 1 is 1.17 bits per heavy atom. The Kier molecular flexibility index (Phi) is 5.22. The molecule has 0 radical (unpaired) electrons. The highest BCUT2D eigenvalue weighted by Gasteiger charge is 2.38. The van der Waals surface area contributed by atoms with Crippen LogP contribution in [0.5, 0.6) is 0 Å². The summed E-state index contributed by atoms with van der Waals surface area (Å²) in [6.07, 6.45) is 2.46. The molecule has 23 heavy (non-hydrogen) atoms. The Hall–Kier alpha value is -2.55. The van der Waals surface area contributed by atoms with Crippen molar-refractivity contribution in [1.82, 2.24) is 4.90 Å². The molecule has 0 aliphatic carbocycles. The van der Waals surface area contributed by atoms with Crippen LogP contribution in [0.25, 0.3) is 0 Å². The molecule has 2 aromatic carbocycles. The first-order valence-corrected chi connectivity index (χ1v) is 7.81. The number of hydrogen-bond donors (Lipinski definition) is 1. The van der Waals surface area contributed by atoms with E-state index in [1.165, 1.54) is 0 Å². The van der Waals surface area contributed by atoms with E-state index in [0.29, 0.717) is 6.42 Å². The maximum Gasteiger partial charge on any atom is 0.316 e. The van der Waals surface area contributed by atoms with E-state index in [9.17, 15) is 4.79 Å². The highest BCUT2D eigenvalue weighted by Crippen LogP contribution is 2.38. The molecule has 0 fully saturated rings. The van der Waals surface area contributed by atoms with Gasteiger partial charge in [-0.25, -0.2) is 4.79 Å². The van der Waals surface area contributed by atoms with Gasteiger partial charge in [0, 0.05) is 0 Å². The number of primary amides is 1. The predicted molar refractivity (Wildman–Crippen MR) is 94.9 cm³/mol. The maximum atomic E-state index is 12.3. The van der Waals surface area contributed by atoms with Gasteiger partial charge in [-0.1, -0.05) is 66.7 Å². The molecule has 3 heteroatoms. The Balaban J connectivity index is 2.52. The summed E-state index contributed by atoms with van der Waals surface area (Å²) in [6, 6.07) is 19.3. The molecule has 2 atom stereocenters. The summed E-state index contributed by atoms with van der Waals surface area (Å²) in [5.74, 6) is 0. The molecule has 0 bridgehead atoms. The van der Waals surface area contributed by atoms with Gasteiger partial charge in [-0.05, 0) is 31.4 Å². The van der Waals surface area contributed by atoms with Gasteiger partial charge in [-0.2, -0.15) is 0 Å². The number of nitrogens with two attached hydrogens (primary N) is 1. The molecule has 0 heterocycles. The van der Waals surface area contributed by atoms with Gasteiger partial charge >= 0.3 is 6.03 Å². The van der Waals surface area contributed by atoms with Gasteiger partial charge in [-0.3, -0.25) is 0 Å². The molecular formula is C20H24N2O. The number of hydrogen-bond acceptors (Lipinski definition) is 1. The number of nitrogens with zero attached hydrogens (tertiary/aromatic N) is 1. The minimum absolute atomic E-state index is 0.140. The third kappa shape index (κ3) is 3.45. The van der Waals surface area contributed by atoms with Gasteiger partial charge < -0.3 is 10.6 Å². The normalized spacial score (nSPS) is 14.5. The zero-order valence-electron chi connectivity index (χ0n) is 13.8. The highest BCUT2D eigenvalue weighted by atomic mass is 16.2. The van der Waals surface area contributed by atoms with Crippen molar-refractivity contribution in [2.75, 3.05) is 0 Å². The molecule has 3 nitrogen and oxygen atoms in total. The number of carbonyl (C=O) groups excluding carboxylic acids is 1. The molecule has 0 aromatic heterocycles. The fraction of sp³-hybridized carbons (Fsp3) is 0.250. The molecule has 0 spiro atoms. The standard InChI is InChI=1S/C20H24N2O/c1-4-15-20(3,18-13-9-6-10-14-18)22(19(21)23)16(2)17-11-7-5-8-12-17/h4-14,16H,1,15H2,2-3H3,(H2,21,23). The third-order valence-electron chi connectivity index (χ3n) is 4.38. The lowest BCUT2D eigenvalue weighted by molar-refractivity contribution is 0.0985. The van der Waals surface area contributed by atoms with E-state index in [2.05, 4.69) is 6.58 Å². The van der Waals surface area contributed by atoms with Crippen LogP contribution >= 0.6 is 0 Å². The van der Waals surface area contributed by atoms with E-state index >= 15 is 0 Å². The second-order valence-corrected chi connectivity index (χ2v) is 5.93. The summed E-state index contributed by atoms with van der Waals surface area (Å²) in [5, 5.41) is 0. The molecule has 2 rings (SSSR count). The fourth-order valence-corrected chi connectivity index (χ4v) is 3.18. The summed E-state index contributed by atoms with van der Waals surface area (Å²) < 4.78 is 0. The van der Waals surface area contributed by atoms with Gasteiger partial charge in [-0.15, -0.1) is 6.58 Å². The van der Waals surface area contributed by atoms with Crippen LogP contribution in [-0.4, -0.2) is 10.9 Å². The second-order valence-electron chi connectivity index (χ2n) is 5.93. The minimum Gasteiger partial charge on any atom is -0.351 e. The highest BCUT2D eigenvalue weighted by molar-refractivity contribution is 5.74. The van der Waals surface area contributed by atoms with Crippen molar-refractivity contribution in [3.8, 4) is 0 Å². The first-order chi connectivity index (χ1) is 11.0. The van der Waals surface area contributed by atoms with Crippen LogP contribution in [0, 0.1) is 0 Å². The van der Waals surface area contributed by atoms with Crippen molar-refractivity contribution in [2.24, 2.45) is 5.73 Å². The smallest absolute Gasteiger partial charge is 0.316 e. The molecule has 0 aliphatic rings. The first kappa shape index (κ1) is 16.8. The Morgan fingerprint density at radius 2 is 1.70 bits per heavy atom. The van der Waals surface area contributed by atoms with Crippen LogP contribution in [-0.2, 0) is 5.54 Å². The zero-order chi connectivity index (χ0) is 16.9. The number of rotatable bonds is 6. The van der Waals surface area contributed by atoms with Crippen molar-refractivity contribution in [3.63, 3.8) is 0 Å². The molecule has 2 unspecified atom stereocenters. The van der Waals surface area contributed by atoms with Gasteiger partial charge in [0.2, 0.25) is 0 Å². The summed E-state index contributed by atoms with van der Waals surface area (Å²) >= 11 is 0. The zero-order valence-corrected chi connectivity index (χ0v) is 13.8. The number of amides is 2. The van der Waals surface area contributed by atoms with E-state index in [0.717, 1.165) is 11.1 Å². The average Bonchev–Trinajstić information content (AvgIpc) is 2.56. The SMILES string of the molecule is C=CCC(C)(c1ccccc1)N(C(N)=O)C(C)c1ccccc1. The van der Waals surface area contributed by atoms with Crippen LogP contribution in [0.1, 0.15) is 37.4 Å². The number of carbonyl (C=O) groups is 1. The van der Waals surface area contributed by atoms with Crippen LogP contribution < -0.4 is 5.73 Å². The predicted octanol–water partition coefficient (Wildman–Crippen LogP) is 4.62. The van der Waals surface area contributed by atoms with E-state index in [4.69, 9.17) is 5.73 Å².